The monoisotopic (exact) mass is 282 g/mol. The molecule has 0 saturated carbocycles. The van der Waals surface area contributed by atoms with Gasteiger partial charge in [0.2, 0.25) is 0 Å². The van der Waals surface area contributed by atoms with E-state index in [1.165, 1.54) is 0 Å². The van der Waals surface area contributed by atoms with Crippen molar-refractivity contribution in [3.63, 3.8) is 0 Å². The number of ether oxygens (including phenoxy) is 1. The highest BCUT2D eigenvalue weighted by molar-refractivity contribution is 9.11. The van der Waals surface area contributed by atoms with Gasteiger partial charge in [-0.05, 0) is 11.9 Å². The highest BCUT2D eigenvalue weighted by Gasteiger charge is 2.35. The quantitative estimate of drug-likeness (QED) is 0.419. The number of carbonyl (C=O) groups is 1. The Kier molecular flexibility index (Phi) is 3.13. The molecular formula is C7H8Br2O2. The Morgan fingerprint density at radius 3 is 2.73 bits per heavy atom. The lowest BCUT2D eigenvalue weighted by Crippen LogP contribution is -2.13. The van der Waals surface area contributed by atoms with Gasteiger partial charge in [-0.1, -0.05) is 31.9 Å². The molecule has 1 saturated heterocycles. The first-order valence-corrected chi connectivity index (χ1v) is 5.31. The molecule has 2 nitrogen and oxygen atoms in total. The van der Waals surface area contributed by atoms with Gasteiger partial charge in [0, 0.05) is 11.2 Å². The average Bonchev–Trinajstić information content (AvgIpc) is 2.24. The Balaban J connectivity index is 2.84. The molecule has 0 amide bonds. The number of hydrogen-bond donors (Lipinski definition) is 0. The molecule has 0 aromatic heterocycles. The van der Waals surface area contributed by atoms with Gasteiger partial charge in [0.05, 0.1) is 5.57 Å². The molecule has 11 heavy (non-hydrogen) atoms. The van der Waals surface area contributed by atoms with Crippen LogP contribution in [0.1, 0.15) is 6.92 Å². The van der Waals surface area contributed by atoms with Crippen LogP contribution in [0.3, 0.4) is 0 Å². The topological polar surface area (TPSA) is 26.3 Å². The number of carbonyl (C=O) groups excluding carboxylic acids is 1. The van der Waals surface area contributed by atoms with Crippen molar-refractivity contribution < 1.29 is 9.53 Å². The Labute approximate surface area is 82.2 Å². The van der Waals surface area contributed by atoms with Crippen LogP contribution in [0.5, 0.6) is 0 Å². The second-order valence-electron chi connectivity index (χ2n) is 2.44. The largest absolute Gasteiger partial charge is 0.459 e. The molecule has 1 aliphatic rings. The van der Waals surface area contributed by atoms with E-state index in [1.807, 2.05) is 6.92 Å². The minimum absolute atomic E-state index is 0.00863. The summed E-state index contributed by atoms with van der Waals surface area (Å²) in [6.07, 6.45) is -0.00863. The van der Waals surface area contributed by atoms with E-state index in [-0.39, 0.29) is 18.0 Å². The maximum absolute atomic E-state index is 11.0. The van der Waals surface area contributed by atoms with Crippen molar-refractivity contribution in [3.05, 3.63) is 10.6 Å². The Morgan fingerprint density at radius 2 is 2.36 bits per heavy atom. The maximum Gasteiger partial charge on any atom is 0.335 e. The van der Waals surface area contributed by atoms with Gasteiger partial charge in [-0.25, -0.2) is 4.79 Å². The van der Waals surface area contributed by atoms with Crippen LogP contribution < -0.4 is 0 Å². The van der Waals surface area contributed by atoms with Gasteiger partial charge < -0.3 is 4.74 Å². The average molecular weight is 284 g/mol. The Morgan fingerprint density at radius 1 is 1.73 bits per heavy atom. The second-order valence-corrected chi connectivity index (χ2v) is 3.54. The van der Waals surface area contributed by atoms with E-state index >= 15 is 0 Å². The highest BCUT2D eigenvalue weighted by Crippen LogP contribution is 2.29. The molecule has 0 N–H and O–H groups in total. The minimum Gasteiger partial charge on any atom is -0.459 e. The molecular weight excluding hydrogens is 276 g/mol. The van der Waals surface area contributed by atoms with Crippen LogP contribution in [0.4, 0.5) is 0 Å². The number of cyclic esters (lactones) is 1. The summed E-state index contributed by atoms with van der Waals surface area (Å²) in [4.78, 5) is 12.7. The molecule has 62 valence electrons. The number of esters is 1. The molecule has 0 bridgehead atoms. The standard InChI is InChI=1S/C7H8Br2O2/c1-4-5(2-8)6(3-9)7(10)11-4/h3-5H,2H2,1H3/b6-3-/t4-,5-/m0/s1. The zero-order valence-electron chi connectivity index (χ0n) is 6.01. The maximum atomic E-state index is 11.0. The zero-order chi connectivity index (χ0) is 8.43. The van der Waals surface area contributed by atoms with Crippen molar-refractivity contribution in [1.29, 1.82) is 0 Å². The number of hydrogen-bond acceptors (Lipinski definition) is 2. The van der Waals surface area contributed by atoms with E-state index in [0.29, 0.717) is 0 Å². The van der Waals surface area contributed by atoms with Gasteiger partial charge in [0.25, 0.3) is 0 Å². The molecule has 0 unspecified atom stereocenters. The van der Waals surface area contributed by atoms with Gasteiger partial charge in [-0.15, -0.1) is 0 Å². The Hall–Kier alpha value is 0.170. The summed E-state index contributed by atoms with van der Waals surface area (Å²) >= 11 is 6.47. The first-order valence-electron chi connectivity index (χ1n) is 3.28. The van der Waals surface area contributed by atoms with Crippen molar-refractivity contribution in [3.8, 4) is 0 Å². The zero-order valence-corrected chi connectivity index (χ0v) is 9.18. The molecule has 1 fully saturated rings. The summed E-state index contributed by atoms with van der Waals surface area (Å²) in [6, 6.07) is 0. The van der Waals surface area contributed by atoms with Gasteiger partial charge in [-0.3, -0.25) is 0 Å². The normalized spacial score (nSPS) is 34.5. The third-order valence-corrected chi connectivity index (χ3v) is 2.97. The molecule has 2 atom stereocenters. The number of halogens is 2. The van der Waals surface area contributed by atoms with Crippen molar-refractivity contribution in [1.82, 2.24) is 0 Å². The van der Waals surface area contributed by atoms with Crippen LogP contribution in [0, 0.1) is 5.92 Å². The van der Waals surface area contributed by atoms with Crippen LogP contribution in [-0.2, 0) is 9.53 Å². The van der Waals surface area contributed by atoms with E-state index in [0.717, 1.165) is 10.9 Å². The predicted octanol–water partition coefficient (Wildman–Crippen LogP) is 2.22. The van der Waals surface area contributed by atoms with Crippen LogP contribution in [0.15, 0.2) is 10.6 Å². The fraction of sp³-hybridized carbons (Fsp3) is 0.571. The van der Waals surface area contributed by atoms with Crippen molar-refractivity contribution in [2.75, 3.05) is 5.33 Å². The molecule has 1 aliphatic heterocycles. The van der Waals surface area contributed by atoms with E-state index in [1.54, 1.807) is 4.99 Å². The Bertz CT molecular complexity index is 201. The summed E-state index contributed by atoms with van der Waals surface area (Å²) in [5.74, 6) is -0.0271. The molecule has 0 aliphatic carbocycles. The summed E-state index contributed by atoms with van der Waals surface area (Å²) < 4.78 is 5.00. The van der Waals surface area contributed by atoms with Crippen LogP contribution in [-0.4, -0.2) is 17.4 Å². The summed E-state index contributed by atoms with van der Waals surface area (Å²) in [7, 11) is 0. The van der Waals surface area contributed by atoms with E-state index < -0.39 is 0 Å². The third-order valence-electron chi connectivity index (χ3n) is 1.78. The number of alkyl halides is 1. The first kappa shape index (κ1) is 9.26. The van der Waals surface area contributed by atoms with Gasteiger partial charge in [-0.2, -0.15) is 0 Å². The lowest BCUT2D eigenvalue weighted by Gasteiger charge is -2.07. The fourth-order valence-corrected chi connectivity index (χ4v) is 2.46. The smallest absolute Gasteiger partial charge is 0.335 e. The summed E-state index contributed by atoms with van der Waals surface area (Å²) in [5, 5.41) is 0.761. The lowest BCUT2D eigenvalue weighted by atomic mass is 10.0. The van der Waals surface area contributed by atoms with Crippen molar-refractivity contribution in [2.45, 2.75) is 13.0 Å². The molecule has 0 spiro atoms. The lowest BCUT2D eigenvalue weighted by molar-refractivity contribution is -0.138. The van der Waals surface area contributed by atoms with Crippen molar-refractivity contribution >= 4 is 37.8 Å². The summed E-state index contributed by atoms with van der Waals surface area (Å²) in [5.41, 5.74) is 0.717. The second kappa shape index (κ2) is 3.72. The predicted molar refractivity (Wildman–Crippen MR) is 49.8 cm³/mol. The molecule has 4 heteroatoms. The molecule has 0 aromatic rings. The number of rotatable bonds is 1. The minimum atomic E-state index is -0.209. The highest BCUT2D eigenvalue weighted by atomic mass is 79.9. The SMILES string of the molecule is C[C@@H]1OC(=O)/C(=C\Br)[C@H]1CBr. The van der Waals surface area contributed by atoms with Gasteiger partial charge in [0.15, 0.2) is 0 Å². The third kappa shape index (κ3) is 1.67. The summed E-state index contributed by atoms with van der Waals surface area (Å²) in [6.45, 7) is 1.90. The van der Waals surface area contributed by atoms with Crippen molar-refractivity contribution in [2.24, 2.45) is 5.92 Å². The van der Waals surface area contributed by atoms with E-state index in [4.69, 9.17) is 4.74 Å². The van der Waals surface area contributed by atoms with E-state index in [2.05, 4.69) is 31.9 Å². The van der Waals surface area contributed by atoms with Crippen LogP contribution in [0.25, 0.3) is 0 Å². The van der Waals surface area contributed by atoms with Gasteiger partial charge in [0.1, 0.15) is 6.10 Å². The first-order chi connectivity index (χ1) is 5.20. The van der Waals surface area contributed by atoms with Crippen LogP contribution >= 0.6 is 31.9 Å². The fourth-order valence-electron chi connectivity index (χ4n) is 1.06. The molecule has 1 rings (SSSR count). The van der Waals surface area contributed by atoms with Crippen LogP contribution in [0.2, 0.25) is 0 Å². The molecule has 0 radical (unpaired) electrons. The molecule has 0 aromatic carbocycles. The van der Waals surface area contributed by atoms with E-state index in [9.17, 15) is 4.79 Å². The van der Waals surface area contributed by atoms with Gasteiger partial charge >= 0.3 is 5.97 Å². The molecule has 1 heterocycles.